The quantitative estimate of drug-likeness (QED) is 0.226. The highest BCUT2D eigenvalue weighted by Crippen LogP contribution is 2.39. The fourth-order valence-electron chi connectivity index (χ4n) is 5.53. The highest BCUT2D eigenvalue weighted by atomic mass is 16.3. The first-order chi connectivity index (χ1) is 20.2. The van der Waals surface area contributed by atoms with Crippen molar-refractivity contribution in [2.45, 2.75) is 0 Å². The van der Waals surface area contributed by atoms with Gasteiger partial charge >= 0.3 is 0 Å². The van der Waals surface area contributed by atoms with Gasteiger partial charge in [-0.2, -0.15) is 5.26 Å². The van der Waals surface area contributed by atoms with E-state index in [4.69, 9.17) is 8.83 Å². The molecule has 0 atom stereocenters. The van der Waals surface area contributed by atoms with Gasteiger partial charge in [0.1, 0.15) is 11.0 Å². The number of fused-ring (bicyclic) bond motifs is 4. The zero-order valence-corrected chi connectivity index (χ0v) is 21.7. The van der Waals surface area contributed by atoms with E-state index in [0.29, 0.717) is 5.56 Å². The van der Waals surface area contributed by atoms with Crippen LogP contribution >= 0.6 is 0 Å². The maximum Gasteiger partial charge on any atom is 0.181 e. The standard InChI is InChI=1S/C35H20N4O2/c36-19-27-3-1-2-26-15-24(7-11-31(26)27)22-4-5-25-16-28(8-6-23(25)14-22)39(29-9-12-34-32(17-29)37-20-40-34)30-10-13-35-33(18-30)38-21-41-35/h1-18,20-21H. The van der Waals surface area contributed by atoms with Crippen molar-refractivity contribution in [1.82, 2.24) is 9.97 Å². The third-order valence-electron chi connectivity index (χ3n) is 7.56. The molecule has 0 unspecified atom stereocenters. The average molecular weight is 529 g/mol. The van der Waals surface area contributed by atoms with E-state index >= 15 is 0 Å². The summed E-state index contributed by atoms with van der Waals surface area (Å²) in [6, 6.07) is 39.4. The molecule has 0 bridgehead atoms. The van der Waals surface area contributed by atoms with Gasteiger partial charge in [-0.3, -0.25) is 0 Å². The van der Waals surface area contributed by atoms with Crippen molar-refractivity contribution in [2.75, 3.05) is 4.90 Å². The molecule has 41 heavy (non-hydrogen) atoms. The van der Waals surface area contributed by atoms with E-state index in [1.165, 1.54) is 12.8 Å². The number of benzene rings is 6. The predicted octanol–water partition coefficient (Wildman–Crippen LogP) is 9.28. The number of rotatable bonds is 4. The molecule has 0 N–H and O–H groups in total. The Morgan fingerprint density at radius 1 is 0.561 bits per heavy atom. The summed E-state index contributed by atoms with van der Waals surface area (Å²) in [4.78, 5) is 10.9. The maximum atomic E-state index is 9.45. The Labute approximate surface area is 234 Å². The lowest BCUT2D eigenvalue weighted by atomic mass is 9.97. The zero-order chi connectivity index (χ0) is 27.3. The Bertz CT molecular complexity index is 2230. The zero-order valence-electron chi connectivity index (χ0n) is 21.7. The summed E-state index contributed by atoms with van der Waals surface area (Å²) in [6.45, 7) is 0. The van der Waals surface area contributed by atoms with Crippen molar-refractivity contribution in [3.05, 3.63) is 128 Å². The SMILES string of the molecule is N#Cc1cccc2cc(-c3ccc4cc(N(c5ccc6ocnc6c5)c5ccc6ocnc6c5)ccc4c3)ccc12. The van der Waals surface area contributed by atoms with Crippen LogP contribution in [0, 0.1) is 11.3 Å². The van der Waals surface area contributed by atoms with Crippen molar-refractivity contribution in [2.24, 2.45) is 0 Å². The number of nitrogens with zero attached hydrogens (tertiary/aromatic N) is 4. The van der Waals surface area contributed by atoms with Gasteiger partial charge in [0.25, 0.3) is 0 Å². The number of hydrogen-bond donors (Lipinski definition) is 0. The number of anilines is 3. The van der Waals surface area contributed by atoms with Crippen LogP contribution in [0.15, 0.2) is 131 Å². The van der Waals surface area contributed by atoms with E-state index in [9.17, 15) is 5.26 Å². The monoisotopic (exact) mass is 528 g/mol. The second-order valence-electron chi connectivity index (χ2n) is 9.94. The Balaban J connectivity index is 1.23. The van der Waals surface area contributed by atoms with Gasteiger partial charge in [0.05, 0.1) is 11.6 Å². The van der Waals surface area contributed by atoms with Gasteiger partial charge in [0, 0.05) is 17.1 Å². The molecule has 192 valence electrons. The molecule has 0 spiro atoms. The fourth-order valence-corrected chi connectivity index (χ4v) is 5.53. The van der Waals surface area contributed by atoms with Crippen LogP contribution in [0.3, 0.4) is 0 Å². The predicted molar refractivity (Wildman–Crippen MR) is 161 cm³/mol. The molecule has 6 heteroatoms. The number of aromatic nitrogens is 2. The summed E-state index contributed by atoms with van der Waals surface area (Å²) in [6.07, 6.45) is 2.93. The summed E-state index contributed by atoms with van der Waals surface area (Å²) in [5.74, 6) is 0. The molecule has 0 aliphatic rings. The van der Waals surface area contributed by atoms with Crippen LogP contribution in [-0.2, 0) is 0 Å². The summed E-state index contributed by atoms with van der Waals surface area (Å²) in [5, 5.41) is 13.7. The summed E-state index contributed by atoms with van der Waals surface area (Å²) in [7, 11) is 0. The van der Waals surface area contributed by atoms with E-state index in [-0.39, 0.29) is 0 Å². The lowest BCUT2D eigenvalue weighted by molar-refractivity contribution is 0.602. The molecular formula is C35H20N4O2. The van der Waals surface area contributed by atoms with Gasteiger partial charge in [0.15, 0.2) is 24.0 Å². The third-order valence-corrected chi connectivity index (χ3v) is 7.56. The van der Waals surface area contributed by atoms with E-state index in [2.05, 4.69) is 69.5 Å². The van der Waals surface area contributed by atoms with Gasteiger partial charge in [0.2, 0.25) is 0 Å². The lowest BCUT2D eigenvalue weighted by Gasteiger charge is -2.25. The van der Waals surface area contributed by atoms with E-state index in [1.54, 1.807) is 0 Å². The molecule has 8 rings (SSSR count). The van der Waals surface area contributed by atoms with E-state index < -0.39 is 0 Å². The Hall–Kier alpha value is -5.93. The molecule has 0 saturated heterocycles. The van der Waals surface area contributed by atoms with Crippen LogP contribution in [0.5, 0.6) is 0 Å². The van der Waals surface area contributed by atoms with Crippen molar-refractivity contribution in [3.8, 4) is 17.2 Å². The lowest BCUT2D eigenvalue weighted by Crippen LogP contribution is -2.09. The number of hydrogen-bond acceptors (Lipinski definition) is 6. The average Bonchev–Trinajstić information content (AvgIpc) is 3.69. The highest BCUT2D eigenvalue weighted by molar-refractivity contribution is 5.96. The van der Waals surface area contributed by atoms with Crippen molar-refractivity contribution >= 4 is 60.8 Å². The number of nitriles is 1. The molecule has 0 aliphatic carbocycles. The normalized spacial score (nSPS) is 11.4. The van der Waals surface area contributed by atoms with Gasteiger partial charge in [-0.1, -0.05) is 42.5 Å². The topological polar surface area (TPSA) is 79.1 Å². The minimum absolute atomic E-state index is 0.690. The van der Waals surface area contributed by atoms with Crippen LogP contribution in [0.4, 0.5) is 17.1 Å². The molecule has 0 fully saturated rings. The van der Waals surface area contributed by atoms with Gasteiger partial charge in [-0.25, -0.2) is 9.97 Å². The largest absolute Gasteiger partial charge is 0.443 e. The van der Waals surface area contributed by atoms with Crippen LogP contribution in [-0.4, -0.2) is 9.97 Å². The summed E-state index contributed by atoms with van der Waals surface area (Å²) >= 11 is 0. The third kappa shape index (κ3) is 3.88. The molecule has 6 nitrogen and oxygen atoms in total. The van der Waals surface area contributed by atoms with Crippen molar-refractivity contribution in [3.63, 3.8) is 0 Å². The summed E-state index contributed by atoms with van der Waals surface area (Å²) < 4.78 is 11.0. The molecule has 0 saturated carbocycles. The summed E-state index contributed by atoms with van der Waals surface area (Å²) in [5.41, 5.74) is 8.90. The fraction of sp³-hybridized carbons (Fsp3) is 0. The minimum atomic E-state index is 0.690. The maximum absolute atomic E-state index is 9.45. The second kappa shape index (κ2) is 9.08. The van der Waals surface area contributed by atoms with E-state index in [1.807, 2.05) is 60.7 Å². The second-order valence-corrected chi connectivity index (χ2v) is 9.94. The Morgan fingerprint density at radius 2 is 1.15 bits per heavy atom. The Kier molecular flexibility index (Phi) is 5.09. The first-order valence-electron chi connectivity index (χ1n) is 13.2. The van der Waals surface area contributed by atoms with Gasteiger partial charge < -0.3 is 13.7 Å². The molecule has 0 radical (unpaired) electrons. The van der Waals surface area contributed by atoms with Crippen LogP contribution in [0.25, 0.3) is 54.9 Å². The van der Waals surface area contributed by atoms with Crippen LogP contribution < -0.4 is 4.90 Å². The molecule has 6 aromatic carbocycles. The van der Waals surface area contributed by atoms with Crippen LogP contribution in [0.2, 0.25) is 0 Å². The Morgan fingerprint density at radius 3 is 1.85 bits per heavy atom. The molecule has 2 heterocycles. The van der Waals surface area contributed by atoms with Gasteiger partial charge in [-0.15, -0.1) is 0 Å². The van der Waals surface area contributed by atoms with Gasteiger partial charge in [-0.05, 0) is 99.4 Å². The first kappa shape index (κ1) is 23.0. The molecule has 0 amide bonds. The van der Waals surface area contributed by atoms with Crippen LogP contribution in [0.1, 0.15) is 5.56 Å². The highest BCUT2D eigenvalue weighted by Gasteiger charge is 2.16. The van der Waals surface area contributed by atoms with Crippen molar-refractivity contribution in [1.29, 1.82) is 5.26 Å². The van der Waals surface area contributed by atoms with E-state index in [0.717, 1.165) is 71.9 Å². The molecule has 2 aromatic heterocycles. The number of oxazole rings is 2. The smallest absolute Gasteiger partial charge is 0.181 e. The minimum Gasteiger partial charge on any atom is -0.443 e. The molecule has 8 aromatic rings. The molecular weight excluding hydrogens is 508 g/mol. The molecule has 0 aliphatic heterocycles. The van der Waals surface area contributed by atoms with Crippen molar-refractivity contribution < 1.29 is 8.83 Å². The first-order valence-corrected chi connectivity index (χ1v) is 13.2.